The molecule has 2 rings (SSSR count). The van der Waals surface area contributed by atoms with Gasteiger partial charge < -0.3 is 10.6 Å². The first-order chi connectivity index (χ1) is 10.6. The summed E-state index contributed by atoms with van der Waals surface area (Å²) in [5.74, 6) is -0.528. The lowest BCUT2D eigenvalue weighted by Gasteiger charge is -2.22. The number of nitrogens with zero attached hydrogens (tertiary/aromatic N) is 1. The third-order valence-corrected chi connectivity index (χ3v) is 3.75. The van der Waals surface area contributed by atoms with Gasteiger partial charge in [-0.3, -0.25) is 9.59 Å². The third-order valence-electron chi connectivity index (χ3n) is 3.22. The number of halogens is 1. The predicted molar refractivity (Wildman–Crippen MR) is 89.1 cm³/mol. The minimum Gasteiger partial charge on any atom is -0.370 e. The van der Waals surface area contributed by atoms with Crippen molar-refractivity contribution in [3.8, 4) is 0 Å². The fourth-order valence-electron chi connectivity index (χ4n) is 2.08. The van der Waals surface area contributed by atoms with E-state index in [0.717, 1.165) is 10.0 Å². The zero-order valence-electron chi connectivity index (χ0n) is 12.0. The van der Waals surface area contributed by atoms with E-state index in [1.165, 1.54) is 0 Å². The van der Waals surface area contributed by atoms with E-state index < -0.39 is 5.91 Å². The lowest BCUT2D eigenvalue weighted by molar-refractivity contribution is -0.118. The second-order valence-electron chi connectivity index (χ2n) is 4.94. The molecular weight excluding hydrogens is 344 g/mol. The van der Waals surface area contributed by atoms with Gasteiger partial charge in [-0.2, -0.15) is 0 Å². The van der Waals surface area contributed by atoms with Gasteiger partial charge in [0, 0.05) is 29.5 Å². The molecule has 0 aliphatic rings. The van der Waals surface area contributed by atoms with Gasteiger partial charge in [0.15, 0.2) is 0 Å². The van der Waals surface area contributed by atoms with E-state index in [9.17, 15) is 9.59 Å². The Labute approximate surface area is 138 Å². The minimum atomic E-state index is -0.415. The normalized spacial score (nSPS) is 10.2. The van der Waals surface area contributed by atoms with Gasteiger partial charge in [0.25, 0.3) is 5.91 Å². The summed E-state index contributed by atoms with van der Waals surface area (Å²) in [5, 5.41) is 0. The summed E-state index contributed by atoms with van der Waals surface area (Å²) in [6, 6.07) is 16.8. The molecule has 22 heavy (non-hydrogen) atoms. The van der Waals surface area contributed by atoms with Crippen molar-refractivity contribution in [1.82, 2.24) is 4.90 Å². The highest BCUT2D eigenvalue weighted by Gasteiger charge is 2.16. The molecule has 114 valence electrons. The molecule has 0 atom stereocenters. The van der Waals surface area contributed by atoms with E-state index in [0.29, 0.717) is 18.7 Å². The Morgan fingerprint density at radius 2 is 1.64 bits per heavy atom. The maximum Gasteiger partial charge on any atom is 0.254 e. The number of primary amides is 1. The van der Waals surface area contributed by atoms with Crippen LogP contribution in [0.2, 0.25) is 0 Å². The highest BCUT2D eigenvalue weighted by atomic mass is 79.9. The lowest BCUT2D eigenvalue weighted by Crippen LogP contribution is -2.33. The monoisotopic (exact) mass is 360 g/mol. The summed E-state index contributed by atoms with van der Waals surface area (Å²) in [4.78, 5) is 25.3. The Balaban J connectivity index is 2.17. The predicted octanol–water partition coefficient (Wildman–Crippen LogP) is 2.97. The first kappa shape index (κ1) is 16.2. The summed E-state index contributed by atoms with van der Waals surface area (Å²) in [7, 11) is 0. The van der Waals surface area contributed by atoms with Gasteiger partial charge in [-0.25, -0.2) is 0 Å². The Hall–Kier alpha value is -2.14. The molecule has 0 saturated heterocycles. The van der Waals surface area contributed by atoms with Gasteiger partial charge in [-0.1, -0.05) is 46.3 Å². The van der Waals surface area contributed by atoms with Crippen molar-refractivity contribution in [2.75, 3.05) is 6.54 Å². The van der Waals surface area contributed by atoms with Crippen molar-refractivity contribution in [3.05, 3.63) is 70.2 Å². The quantitative estimate of drug-likeness (QED) is 0.860. The first-order valence-electron chi connectivity index (χ1n) is 6.93. The van der Waals surface area contributed by atoms with Crippen LogP contribution in [-0.4, -0.2) is 23.3 Å². The van der Waals surface area contributed by atoms with E-state index in [4.69, 9.17) is 5.73 Å². The molecule has 5 heteroatoms. The van der Waals surface area contributed by atoms with Crippen molar-refractivity contribution in [2.24, 2.45) is 5.73 Å². The highest BCUT2D eigenvalue weighted by molar-refractivity contribution is 9.10. The summed E-state index contributed by atoms with van der Waals surface area (Å²) in [6.07, 6.45) is 0.148. The van der Waals surface area contributed by atoms with Gasteiger partial charge in [-0.15, -0.1) is 0 Å². The van der Waals surface area contributed by atoms with Crippen LogP contribution in [0.1, 0.15) is 22.3 Å². The lowest BCUT2D eigenvalue weighted by atomic mass is 10.1. The average molecular weight is 361 g/mol. The van der Waals surface area contributed by atoms with E-state index >= 15 is 0 Å². The standard InChI is InChI=1S/C17H17BrN2O2/c18-15-8-6-14(7-9-15)17(22)20(11-10-16(19)21)12-13-4-2-1-3-5-13/h1-9H,10-12H2,(H2,19,21). The van der Waals surface area contributed by atoms with Crippen molar-refractivity contribution >= 4 is 27.7 Å². The first-order valence-corrected chi connectivity index (χ1v) is 7.72. The van der Waals surface area contributed by atoms with Crippen LogP contribution in [0.4, 0.5) is 0 Å². The number of carbonyl (C=O) groups is 2. The van der Waals surface area contributed by atoms with Crippen LogP contribution < -0.4 is 5.73 Å². The molecule has 0 heterocycles. The van der Waals surface area contributed by atoms with E-state index in [1.807, 2.05) is 42.5 Å². The Bertz CT molecular complexity index is 641. The number of amides is 2. The molecule has 0 bridgehead atoms. The number of hydrogen-bond acceptors (Lipinski definition) is 2. The molecule has 0 fully saturated rings. The van der Waals surface area contributed by atoms with Crippen molar-refractivity contribution in [2.45, 2.75) is 13.0 Å². The van der Waals surface area contributed by atoms with Crippen molar-refractivity contribution in [1.29, 1.82) is 0 Å². The molecule has 2 N–H and O–H groups in total. The smallest absolute Gasteiger partial charge is 0.254 e. The van der Waals surface area contributed by atoms with Crippen LogP contribution in [0.3, 0.4) is 0 Å². The Morgan fingerprint density at radius 1 is 1.00 bits per heavy atom. The van der Waals surface area contributed by atoms with Crippen LogP contribution in [0.15, 0.2) is 59.1 Å². The summed E-state index contributed by atoms with van der Waals surface area (Å²) in [6.45, 7) is 0.752. The largest absolute Gasteiger partial charge is 0.370 e. The zero-order chi connectivity index (χ0) is 15.9. The van der Waals surface area contributed by atoms with Gasteiger partial charge in [-0.05, 0) is 29.8 Å². The average Bonchev–Trinajstić information content (AvgIpc) is 2.52. The number of benzene rings is 2. The van der Waals surface area contributed by atoms with Crippen LogP contribution in [-0.2, 0) is 11.3 Å². The molecular formula is C17H17BrN2O2. The third kappa shape index (κ3) is 4.70. The van der Waals surface area contributed by atoms with Crippen LogP contribution in [0.5, 0.6) is 0 Å². The molecule has 2 aromatic carbocycles. The molecule has 0 aliphatic carbocycles. The molecule has 0 aromatic heterocycles. The second kappa shape index (κ2) is 7.75. The molecule has 0 spiro atoms. The van der Waals surface area contributed by atoms with Crippen molar-refractivity contribution in [3.63, 3.8) is 0 Å². The van der Waals surface area contributed by atoms with Gasteiger partial charge >= 0.3 is 0 Å². The maximum atomic E-state index is 12.6. The summed E-state index contributed by atoms with van der Waals surface area (Å²) in [5.41, 5.74) is 6.81. The maximum absolute atomic E-state index is 12.6. The fourth-order valence-corrected chi connectivity index (χ4v) is 2.34. The number of rotatable bonds is 6. The molecule has 0 unspecified atom stereocenters. The number of nitrogens with two attached hydrogens (primary N) is 1. The van der Waals surface area contributed by atoms with E-state index in [2.05, 4.69) is 15.9 Å². The topological polar surface area (TPSA) is 63.4 Å². The molecule has 0 aliphatic heterocycles. The molecule has 4 nitrogen and oxygen atoms in total. The molecule has 0 radical (unpaired) electrons. The van der Waals surface area contributed by atoms with Gasteiger partial charge in [0.1, 0.15) is 0 Å². The fraction of sp³-hybridized carbons (Fsp3) is 0.176. The number of carbonyl (C=O) groups excluding carboxylic acids is 2. The molecule has 2 aromatic rings. The van der Waals surface area contributed by atoms with Crippen molar-refractivity contribution < 1.29 is 9.59 Å². The van der Waals surface area contributed by atoms with E-state index in [-0.39, 0.29) is 12.3 Å². The molecule has 0 saturated carbocycles. The van der Waals surface area contributed by atoms with Crippen LogP contribution in [0, 0.1) is 0 Å². The summed E-state index contributed by atoms with van der Waals surface area (Å²) >= 11 is 3.35. The van der Waals surface area contributed by atoms with E-state index in [1.54, 1.807) is 17.0 Å². The zero-order valence-corrected chi connectivity index (χ0v) is 13.6. The second-order valence-corrected chi connectivity index (χ2v) is 5.85. The number of hydrogen-bond donors (Lipinski definition) is 1. The SMILES string of the molecule is NC(=O)CCN(Cc1ccccc1)C(=O)c1ccc(Br)cc1. The highest BCUT2D eigenvalue weighted by Crippen LogP contribution is 2.14. The Morgan fingerprint density at radius 3 is 2.23 bits per heavy atom. The molecule has 2 amide bonds. The minimum absolute atomic E-state index is 0.113. The Kier molecular flexibility index (Phi) is 5.72. The van der Waals surface area contributed by atoms with Crippen LogP contribution in [0.25, 0.3) is 0 Å². The van der Waals surface area contributed by atoms with Crippen LogP contribution >= 0.6 is 15.9 Å². The summed E-state index contributed by atoms with van der Waals surface area (Å²) < 4.78 is 0.913. The van der Waals surface area contributed by atoms with Gasteiger partial charge in [0.05, 0.1) is 0 Å². The van der Waals surface area contributed by atoms with Gasteiger partial charge in [0.2, 0.25) is 5.91 Å².